The SMILES string of the molecule is Cc1ccc(S(=O)ONC(=O)C(C)Oc2ccccc2C)cc1. The van der Waals surface area contributed by atoms with Crippen LogP contribution in [0, 0.1) is 13.8 Å². The van der Waals surface area contributed by atoms with Crippen molar-refractivity contribution in [2.45, 2.75) is 31.8 Å². The summed E-state index contributed by atoms with van der Waals surface area (Å²) >= 11 is -1.77. The Labute approximate surface area is 138 Å². The van der Waals surface area contributed by atoms with Crippen LogP contribution in [-0.2, 0) is 20.2 Å². The summed E-state index contributed by atoms with van der Waals surface area (Å²) in [4.78, 5) is 12.4. The first-order valence-corrected chi connectivity index (χ1v) is 8.23. The van der Waals surface area contributed by atoms with Crippen LogP contribution in [-0.4, -0.2) is 16.2 Å². The van der Waals surface area contributed by atoms with Crippen molar-refractivity contribution in [2.24, 2.45) is 0 Å². The van der Waals surface area contributed by atoms with E-state index in [-0.39, 0.29) is 0 Å². The van der Waals surface area contributed by atoms with Crippen molar-refractivity contribution in [3.63, 3.8) is 0 Å². The Bertz CT molecular complexity index is 700. The summed E-state index contributed by atoms with van der Waals surface area (Å²) in [6.45, 7) is 5.42. The highest BCUT2D eigenvalue weighted by Crippen LogP contribution is 2.17. The predicted octanol–water partition coefficient (Wildman–Crippen LogP) is 2.84. The molecule has 2 unspecified atom stereocenters. The van der Waals surface area contributed by atoms with E-state index in [4.69, 9.17) is 9.02 Å². The maximum atomic E-state index is 12.0. The molecule has 0 saturated heterocycles. The number of hydroxylamine groups is 1. The molecule has 2 rings (SSSR count). The molecule has 23 heavy (non-hydrogen) atoms. The van der Waals surface area contributed by atoms with Gasteiger partial charge < -0.3 is 4.74 Å². The molecule has 2 aromatic carbocycles. The summed E-state index contributed by atoms with van der Waals surface area (Å²) in [6, 6.07) is 14.4. The zero-order valence-electron chi connectivity index (χ0n) is 13.2. The fourth-order valence-corrected chi connectivity index (χ4v) is 2.40. The van der Waals surface area contributed by atoms with E-state index in [0.29, 0.717) is 10.6 Å². The number of ether oxygens (including phenoxy) is 1. The number of rotatable bonds is 6. The molecule has 0 spiro atoms. The van der Waals surface area contributed by atoms with Gasteiger partial charge in [-0.1, -0.05) is 35.9 Å². The molecule has 2 atom stereocenters. The maximum Gasteiger partial charge on any atom is 0.285 e. The first-order chi connectivity index (χ1) is 11.0. The quantitative estimate of drug-likeness (QED) is 0.826. The molecule has 0 aliphatic heterocycles. The molecule has 1 amide bonds. The van der Waals surface area contributed by atoms with Gasteiger partial charge >= 0.3 is 0 Å². The minimum absolute atomic E-state index is 0.475. The molecule has 0 bridgehead atoms. The summed E-state index contributed by atoms with van der Waals surface area (Å²) in [5.74, 6) is 0.114. The highest BCUT2D eigenvalue weighted by Gasteiger charge is 2.17. The summed E-state index contributed by atoms with van der Waals surface area (Å²) in [7, 11) is 0. The van der Waals surface area contributed by atoms with E-state index in [9.17, 15) is 9.00 Å². The molecular formula is C17H19NO4S. The Kier molecular flexibility index (Phi) is 5.90. The maximum absolute atomic E-state index is 12.0. The number of benzene rings is 2. The van der Waals surface area contributed by atoms with Gasteiger partial charge in [0.2, 0.25) is 11.1 Å². The number of aryl methyl sites for hydroxylation is 2. The zero-order chi connectivity index (χ0) is 16.8. The molecule has 0 aromatic heterocycles. The predicted molar refractivity (Wildman–Crippen MR) is 88.1 cm³/mol. The molecule has 6 heteroatoms. The van der Waals surface area contributed by atoms with Crippen molar-refractivity contribution < 1.29 is 18.0 Å². The largest absolute Gasteiger partial charge is 0.481 e. The number of amides is 1. The van der Waals surface area contributed by atoms with Gasteiger partial charge in [-0.3, -0.25) is 4.79 Å². The van der Waals surface area contributed by atoms with Crippen LogP contribution in [0.25, 0.3) is 0 Å². The zero-order valence-corrected chi connectivity index (χ0v) is 14.1. The smallest absolute Gasteiger partial charge is 0.285 e. The average Bonchev–Trinajstić information content (AvgIpc) is 2.55. The first-order valence-electron chi connectivity index (χ1n) is 7.15. The van der Waals surface area contributed by atoms with Gasteiger partial charge in [-0.25, -0.2) is 9.69 Å². The van der Waals surface area contributed by atoms with Crippen molar-refractivity contribution in [3.8, 4) is 5.75 Å². The molecule has 2 aromatic rings. The first kappa shape index (κ1) is 17.2. The molecule has 0 radical (unpaired) electrons. The van der Waals surface area contributed by atoms with E-state index < -0.39 is 23.1 Å². The average molecular weight is 333 g/mol. The summed E-state index contributed by atoms with van der Waals surface area (Å²) in [6.07, 6.45) is -0.772. The van der Waals surface area contributed by atoms with Crippen molar-refractivity contribution in [2.75, 3.05) is 0 Å². The van der Waals surface area contributed by atoms with E-state index in [1.54, 1.807) is 25.1 Å². The topological polar surface area (TPSA) is 64.6 Å². The lowest BCUT2D eigenvalue weighted by Gasteiger charge is -2.15. The summed E-state index contributed by atoms with van der Waals surface area (Å²) in [5.41, 5.74) is 4.15. The normalized spacial score (nSPS) is 13.2. The lowest BCUT2D eigenvalue weighted by Crippen LogP contribution is -2.36. The van der Waals surface area contributed by atoms with Gasteiger partial charge in [0.1, 0.15) is 5.75 Å². The number of hydrogen-bond acceptors (Lipinski definition) is 4. The minimum atomic E-state index is -1.77. The van der Waals surface area contributed by atoms with Crippen LogP contribution in [0.1, 0.15) is 18.1 Å². The summed E-state index contributed by atoms with van der Waals surface area (Å²) < 4.78 is 22.4. The minimum Gasteiger partial charge on any atom is -0.481 e. The summed E-state index contributed by atoms with van der Waals surface area (Å²) in [5, 5.41) is 0. The highest BCUT2D eigenvalue weighted by molar-refractivity contribution is 7.80. The monoisotopic (exact) mass is 333 g/mol. The van der Waals surface area contributed by atoms with Gasteiger partial charge in [-0.15, -0.1) is 0 Å². The Hall–Kier alpha value is -2.18. The van der Waals surface area contributed by atoms with Crippen LogP contribution >= 0.6 is 0 Å². The standard InChI is InChI=1S/C17H19NO4S/c1-12-8-10-15(11-9-12)23(20)22-18-17(19)14(3)21-16-7-5-4-6-13(16)2/h4-11,14H,1-3H3,(H,18,19). The molecular weight excluding hydrogens is 314 g/mol. The van der Waals surface area contributed by atoms with Gasteiger partial charge in [-0.2, -0.15) is 4.28 Å². The second kappa shape index (κ2) is 7.89. The number of nitrogens with one attached hydrogen (secondary N) is 1. The van der Waals surface area contributed by atoms with Crippen LogP contribution < -0.4 is 10.2 Å². The molecule has 0 aliphatic carbocycles. The van der Waals surface area contributed by atoms with E-state index in [1.165, 1.54) is 0 Å². The van der Waals surface area contributed by atoms with Gasteiger partial charge in [0.25, 0.3) is 5.91 Å². The number of carbonyl (C=O) groups is 1. The van der Waals surface area contributed by atoms with Gasteiger partial charge in [0.15, 0.2) is 6.10 Å². The molecule has 122 valence electrons. The van der Waals surface area contributed by atoms with Crippen LogP contribution in [0.3, 0.4) is 0 Å². The van der Waals surface area contributed by atoms with Gasteiger partial charge in [0, 0.05) is 0 Å². The van der Waals surface area contributed by atoms with E-state index >= 15 is 0 Å². The Balaban J connectivity index is 1.87. The van der Waals surface area contributed by atoms with E-state index in [2.05, 4.69) is 5.48 Å². The number of hydrogen-bond donors (Lipinski definition) is 1. The van der Waals surface area contributed by atoms with Crippen molar-refractivity contribution in [1.29, 1.82) is 0 Å². The molecule has 1 N–H and O–H groups in total. The van der Waals surface area contributed by atoms with Gasteiger partial charge in [0.05, 0.1) is 4.90 Å². The Morgan fingerprint density at radius 1 is 1.09 bits per heavy atom. The van der Waals surface area contributed by atoms with Crippen molar-refractivity contribution >= 4 is 17.0 Å². The molecule has 0 heterocycles. The fourth-order valence-electron chi connectivity index (χ4n) is 1.79. The van der Waals surface area contributed by atoms with Crippen LogP contribution in [0.4, 0.5) is 0 Å². The third kappa shape index (κ3) is 4.91. The molecule has 0 saturated carbocycles. The number of carbonyl (C=O) groups excluding carboxylic acids is 1. The van der Waals surface area contributed by atoms with Crippen molar-refractivity contribution in [3.05, 3.63) is 59.7 Å². The van der Waals surface area contributed by atoms with Crippen molar-refractivity contribution in [1.82, 2.24) is 5.48 Å². The van der Waals surface area contributed by atoms with Gasteiger partial charge in [-0.05, 0) is 44.5 Å². The Morgan fingerprint density at radius 2 is 1.74 bits per heavy atom. The van der Waals surface area contributed by atoms with E-state index in [1.807, 2.05) is 44.2 Å². The third-order valence-corrected chi connectivity index (χ3v) is 4.09. The van der Waals surface area contributed by atoms with Crippen LogP contribution in [0.5, 0.6) is 5.75 Å². The Morgan fingerprint density at radius 3 is 2.39 bits per heavy atom. The lowest BCUT2D eigenvalue weighted by molar-refractivity contribution is -0.133. The highest BCUT2D eigenvalue weighted by atomic mass is 32.2. The second-order valence-corrected chi connectivity index (χ2v) is 6.23. The lowest BCUT2D eigenvalue weighted by atomic mass is 10.2. The second-order valence-electron chi connectivity index (χ2n) is 5.12. The van der Waals surface area contributed by atoms with Crippen LogP contribution in [0.15, 0.2) is 53.4 Å². The van der Waals surface area contributed by atoms with Crippen LogP contribution in [0.2, 0.25) is 0 Å². The molecule has 5 nitrogen and oxygen atoms in total. The third-order valence-electron chi connectivity index (χ3n) is 3.20. The van der Waals surface area contributed by atoms with E-state index in [0.717, 1.165) is 11.1 Å². The molecule has 0 aliphatic rings. The number of para-hydroxylation sites is 1. The molecule has 0 fully saturated rings. The fraction of sp³-hybridized carbons (Fsp3) is 0.235.